The van der Waals surface area contributed by atoms with Crippen LogP contribution in [0.25, 0.3) is 33.2 Å². The Balaban J connectivity index is 1.49. The molecule has 0 bridgehead atoms. The Morgan fingerprint density at radius 2 is 1.80 bits per heavy atom. The summed E-state index contributed by atoms with van der Waals surface area (Å²) in [5.74, 6) is 1.37. The number of methoxy groups -OCH3 is 1. The number of ether oxygens (including phenoxy) is 1. The zero-order valence-electron chi connectivity index (χ0n) is 18.8. The van der Waals surface area contributed by atoms with Crippen molar-refractivity contribution in [2.24, 2.45) is 5.10 Å². The number of hydrogen-bond donors (Lipinski definition) is 0. The average Bonchev–Trinajstić information content (AvgIpc) is 3.52. The van der Waals surface area contributed by atoms with Gasteiger partial charge in [-0.1, -0.05) is 24.3 Å². The average molecular weight is 464 g/mol. The molecule has 0 radical (unpaired) electrons. The fourth-order valence-corrected chi connectivity index (χ4v) is 4.04. The molecule has 35 heavy (non-hydrogen) atoms. The number of benzene rings is 2. The first-order valence-corrected chi connectivity index (χ1v) is 11.1. The second kappa shape index (κ2) is 8.53. The van der Waals surface area contributed by atoms with Gasteiger partial charge in [0.15, 0.2) is 11.3 Å². The van der Waals surface area contributed by atoms with Crippen LogP contribution in [0.3, 0.4) is 0 Å². The van der Waals surface area contributed by atoms with Crippen molar-refractivity contribution in [3.8, 4) is 5.75 Å². The fourth-order valence-electron chi connectivity index (χ4n) is 4.04. The molecule has 0 saturated heterocycles. The van der Waals surface area contributed by atoms with Crippen LogP contribution in [-0.2, 0) is 13.0 Å². The summed E-state index contributed by atoms with van der Waals surface area (Å²) in [5.41, 5.74) is 3.62. The van der Waals surface area contributed by atoms with Gasteiger partial charge in [-0.2, -0.15) is 9.78 Å². The van der Waals surface area contributed by atoms with Crippen molar-refractivity contribution in [1.29, 1.82) is 0 Å². The molecule has 0 aliphatic carbocycles. The van der Waals surface area contributed by atoms with Crippen LogP contribution in [0.5, 0.6) is 5.75 Å². The quantitative estimate of drug-likeness (QED) is 0.345. The van der Waals surface area contributed by atoms with E-state index in [-0.39, 0.29) is 5.56 Å². The maximum Gasteiger partial charge on any atom is 0.265 e. The number of aryl methyl sites for hydroxylation is 2. The third kappa shape index (κ3) is 3.72. The molecule has 9 heteroatoms. The molecule has 172 valence electrons. The van der Waals surface area contributed by atoms with E-state index < -0.39 is 0 Å². The highest BCUT2D eigenvalue weighted by molar-refractivity contribution is 6.04. The first kappa shape index (κ1) is 20.8. The number of aromatic nitrogens is 5. The molecule has 9 nitrogen and oxygen atoms in total. The molecule has 0 spiro atoms. The standard InChI is InChI=1S/C26H20N6O3/c1-34-18-10-8-17(9-11-18)12-13-31-16-27-24-22(26(31)33)23-25(30-21-7-3-2-6-20(21)29-23)32(24)28-15-19-5-4-14-35-19/h2-11,14-16H,12-13H2,1H3. The molecule has 0 unspecified atom stereocenters. The lowest BCUT2D eigenvalue weighted by molar-refractivity contribution is 0.414. The monoisotopic (exact) mass is 464 g/mol. The molecule has 4 heterocycles. The van der Waals surface area contributed by atoms with Crippen LogP contribution in [0.2, 0.25) is 0 Å². The van der Waals surface area contributed by atoms with E-state index >= 15 is 0 Å². The van der Waals surface area contributed by atoms with Gasteiger partial charge in [-0.25, -0.2) is 15.0 Å². The number of nitrogens with zero attached hydrogens (tertiary/aromatic N) is 6. The molecule has 6 aromatic rings. The first-order valence-electron chi connectivity index (χ1n) is 11.1. The topological polar surface area (TPSA) is 100 Å². The molecule has 4 aromatic heterocycles. The van der Waals surface area contributed by atoms with Gasteiger partial charge < -0.3 is 9.15 Å². The highest BCUT2D eigenvalue weighted by Gasteiger charge is 2.19. The predicted molar refractivity (Wildman–Crippen MR) is 133 cm³/mol. The van der Waals surface area contributed by atoms with Gasteiger partial charge in [0, 0.05) is 6.54 Å². The molecule has 0 aliphatic rings. The summed E-state index contributed by atoms with van der Waals surface area (Å²) in [5, 5.41) is 4.91. The Morgan fingerprint density at radius 1 is 1.00 bits per heavy atom. The van der Waals surface area contributed by atoms with Crippen molar-refractivity contribution in [1.82, 2.24) is 24.2 Å². The minimum Gasteiger partial charge on any atom is -0.497 e. The third-order valence-corrected chi connectivity index (χ3v) is 5.85. The van der Waals surface area contributed by atoms with E-state index in [2.05, 4.69) is 10.1 Å². The Labute approximate surface area is 198 Å². The van der Waals surface area contributed by atoms with Crippen molar-refractivity contribution in [3.63, 3.8) is 0 Å². The van der Waals surface area contributed by atoms with Gasteiger partial charge in [0.25, 0.3) is 5.56 Å². The molecule has 0 saturated carbocycles. The van der Waals surface area contributed by atoms with Crippen LogP contribution in [-0.4, -0.2) is 37.5 Å². The lowest BCUT2D eigenvalue weighted by Gasteiger charge is -2.06. The second-order valence-electron chi connectivity index (χ2n) is 8.00. The highest BCUT2D eigenvalue weighted by atomic mass is 16.5. The van der Waals surface area contributed by atoms with Crippen LogP contribution >= 0.6 is 0 Å². The number of rotatable bonds is 6. The summed E-state index contributed by atoms with van der Waals surface area (Å²) in [6.45, 7) is 0.470. The Bertz CT molecular complexity index is 1750. The van der Waals surface area contributed by atoms with Crippen LogP contribution < -0.4 is 10.3 Å². The molecule has 0 amide bonds. The summed E-state index contributed by atoms with van der Waals surface area (Å²) in [7, 11) is 1.64. The number of fused-ring (bicyclic) bond motifs is 4. The first-order chi connectivity index (χ1) is 17.2. The number of para-hydroxylation sites is 2. The maximum atomic E-state index is 13.6. The highest BCUT2D eigenvalue weighted by Crippen LogP contribution is 2.25. The summed E-state index contributed by atoms with van der Waals surface area (Å²) in [4.78, 5) is 27.7. The summed E-state index contributed by atoms with van der Waals surface area (Å²) >= 11 is 0. The Morgan fingerprint density at radius 3 is 2.54 bits per heavy atom. The van der Waals surface area contributed by atoms with Crippen LogP contribution in [0.15, 0.2) is 87.6 Å². The Hall–Kier alpha value is -4.79. The number of furan rings is 1. The van der Waals surface area contributed by atoms with Crippen molar-refractivity contribution < 1.29 is 9.15 Å². The zero-order valence-corrected chi connectivity index (χ0v) is 18.8. The van der Waals surface area contributed by atoms with Crippen molar-refractivity contribution in [2.45, 2.75) is 13.0 Å². The fraction of sp³-hybridized carbons (Fsp3) is 0.115. The Kier molecular flexibility index (Phi) is 5.07. The molecular formula is C26H20N6O3. The van der Waals surface area contributed by atoms with Crippen molar-refractivity contribution in [3.05, 3.63) is 94.9 Å². The zero-order chi connectivity index (χ0) is 23.8. The molecule has 0 atom stereocenters. The predicted octanol–water partition coefficient (Wildman–Crippen LogP) is 4.02. The van der Waals surface area contributed by atoms with Crippen molar-refractivity contribution in [2.75, 3.05) is 7.11 Å². The van der Waals surface area contributed by atoms with E-state index in [1.54, 1.807) is 47.3 Å². The smallest absolute Gasteiger partial charge is 0.265 e. The van der Waals surface area contributed by atoms with Crippen molar-refractivity contribution >= 4 is 39.4 Å². The van der Waals surface area contributed by atoms with Crippen LogP contribution in [0.4, 0.5) is 0 Å². The molecule has 6 rings (SSSR count). The van der Waals surface area contributed by atoms with E-state index in [1.165, 1.54) is 0 Å². The van der Waals surface area contributed by atoms with E-state index in [0.717, 1.165) is 11.3 Å². The second-order valence-corrected chi connectivity index (χ2v) is 8.00. The minimum absolute atomic E-state index is 0.190. The van der Waals surface area contributed by atoms with Crippen LogP contribution in [0, 0.1) is 0 Å². The van der Waals surface area contributed by atoms with Gasteiger partial charge >= 0.3 is 0 Å². The van der Waals surface area contributed by atoms with Crippen LogP contribution in [0.1, 0.15) is 11.3 Å². The van der Waals surface area contributed by atoms with Gasteiger partial charge in [-0.05, 0) is 48.4 Å². The maximum absolute atomic E-state index is 13.6. The van der Waals surface area contributed by atoms with E-state index in [0.29, 0.717) is 52.0 Å². The van der Waals surface area contributed by atoms with Gasteiger partial charge in [0.1, 0.15) is 22.4 Å². The summed E-state index contributed by atoms with van der Waals surface area (Å²) in [6, 6.07) is 18.9. The van der Waals surface area contributed by atoms with Gasteiger partial charge in [0.05, 0.1) is 36.9 Å². The normalized spacial score (nSPS) is 11.8. The molecule has 0 N–H and O–H groups in total. The molecular weight excluding hydrogens is 444 g/mol. The van der Waals surface area contributed by atoms with E-state index in [4.69, 9.17) is 19.1 Å². The molecule has 0 aliphatic heterocycles. The molecule has 0 fully saturated rings. The lowest BCUT2D eigenvalue weighted by atomic mass is 10.1. The summed E-state index contributed by atoms with van der Waals surface area (Å²) < 4.78 is 13.7. The summed E-state index contributed by atoms with van der Waals surface area (Å²) in [6.07, 6.45) is 5.35. The largest absolute Gasteiger partial charge is 0.497 e. The SMILES string of the molecule is COc1ccc(CCn2cnc3c(c2=O)c2nc4ccccc4nc2n3N=Cc2ccco2)cc1. The lowest BCUT2D eigenvalue weighted by Crippen LogP contribution is -2.21. The van der Waals surface area contributed by atoms with E-state index in [9.17, 15) is 4.79 Å². The van der Waals surface area contributed by atoms with Gasteiger partial charge in [-0.3, -0.25) is 9.36 Å². The minimum atomic E-state index is -0.190. The van der Waals surface area contributed by atoms with Gasteiger partial charge in [0.2, 0.25) is 0 Å². The number of hydrogen-bond acceptors (Lipinski definition) is 7. The van der Waals surface area contributed by atoms with Gasteiger partial charge in [-0.15, -0.1) is 0 Å². The third-order valence-electron chi connectivity index (χ3n) is 5.85. The molecule has 2 aromatic carbocycles. The van der Waals surface area contributed by atoms with E-state index in [1.807, 2.05) is 48.5 Å².